The van der Waals surface area contributed by atoms with Crippen molar-refractivity contribution in [1.29, 1.82) is 0 Å². The average molecular weight is 240 g/mol. The third kappa shape index (κ3) is 2.58. The molecule has 2 rings (SSSR count). The van der Waals surface area contributed by atoms with Crippen molar-refractivity contribution >= 4 is 0 Å². The summed E-state index contributed by atoms with van der Waals surface area (Å²) in [4.78, 5) is 0. The third-order valence-electron chi connectivity index (χ3n) is 2.92. The van der Waals surface area contributed by atoms with Gasteiger partial charge in [-0.15, -0.1) is 0 Å². The predicted octanol–water partition coefficient (Wildman–Crippen LogP) is 2.44. The number of fused-ring (bicyclic) bond motifs is 1. The fourth-order valence-electron chi connectivity index (χ4n) is 2.11. The average Bonchev–Trinajstić information content (AvgIpc) is 2.28. The van der Waals surface area contributed by atoms with Crippen LogP contribution in [0.2, 0.25) is 0 Å². The minimum absolute atomic E-state index is 0.361. The van der Waals surface area contributed by atoms with Gasteiger partial charge in [-0.05, 0) is 32.0 Å². The highest BCUT2D eigenvalue weighted by atomic mass is 19.1. The molecule has 94 valence electrons. The Morgan fingerprint density at radius 1 is 1.59 bits per heavy atom. The predicted molar refractivity (Wildman–Crippen MR) is 61.5 cm³/mol. The molecule has 1 aromatic rings. The van der Waals surface area contributed by atoms with Crippen molar-refractivity contribution in [3.05, 3.63) is 29.6 Å². The van der Waals surface area contributed by atoms with Crippen LogP contribution in [-0.2, 0) is 4.74 Å². The number of hydrogen-bond donors (Lipinski definition) is 1. The van der Waals surface area contributed by atoms with E-state index in [9.17, 15) is 9.50 Å². The van der Waals surface area contributed by atoms with Crippen LogP contribution in [0.15, 0.2) is 18.2 Å². The van der Waals surface area contributed by atoms with Gasteiger partial charge in [-0.3, -0.25) is 0 Å². The first-order valence-electron chi connectivity index (χ1n) is 5.78. The third-order valence-corrected chi connectivity index (χ3v) is 2.92. The lowest BCUT2D eigenvalue weighted by molar-refractivity contribution is -0.0576. The van der Waals surface area contributed by atoms with Crippen molar-refractivity contribution < 1.29 is 19.0 Å². The lowest BCUT2D eigenvalue weighted by atomic mass is 9.91. The maximum Gasteiger partial charge on any atom is 0.132 e. The van der Waals surface area contributed by atoms with Gasteiger partial charge in [0.1, 0.15) is 17.2 Å². The number of rotatable bonds is 3. The Morgan fingerprint density at radius 2 is 2.35 bits per heavy atom. The Labute approximate surface area is 100 Å². The number of aliphatic hydroxyl groups excluding tert-OH is 1. The van der Waals surface area contributed by atoms with Gasteiger partial charge < -0.3 is 14.6 Å². The minimum Gasteiger partial charge on any atom is -0.485 e. The molecule has 0 radical (unpaired) electrons. The van der Waals surface area contributed by atoms with Gasteiger partial charge >= 0.3 is 0 Å². The van der Waals surface area contributed by atoms with Crippen LogP contribution < -0.4 is 4.74 Å². The molecule has 0 spiro atoms. The zero-order valence-electron chi connectivity index (χ0n) is 10.1. The monoisotopic (exact) mass is 240 g/mol. The van der Waals surface area contributed by atoms with Crippen molar-refractivity contribution in [3.63, 3.8) is 0 Å². The fraction of sp³-hybridized carbons (Fsp3) is 0.538. The first-order valence-corrected chi connectivity index (χ1v) is 5.78. The smallest absolute Gasteiger partial charge is 0.132 e. The Bertz CT molecular complexity index is 408. The van der Waals surface area contributed by atoms with Crippen LogP contribution >= 0.6 is 0 Å². The summed E-state index contributed by atoms with van der Waals surface area (Å²) in [6, 6.07) is 4.20. The van der Waals surface area contributed by atoms with Gasteiger partial charge in [-0.2, -0.15) is 0 Å². The van der Waals surface area contributed by atoms with E-state index in [1.54, 1.807) is 6.07 Å². The van der Waals surface area contributed by atoms with Crippen LogP contribution in [0.5, 0.6) is 5.75 Å². The highest BCUT2D eigenvalue weighted by Crippen LogP contribution is 2.39. The molecule has 1 unspecified atom stereocenters. The summed E-state index contributed by atoms with van der Waals surface area (Å²) in [5.74, 6) is 0.173. The molecule has 1 aliphatic heterocycles. The van der Waals surface area contributed by atoms with Crippen molar-refractivity contribution in [1.82, 2.24) is 0 Å². The van der Waals surface area contributed by atoms with Gasteiger partial charge in [-0.1, -0.05) is 0 Å². The zero-order chi connectivity index (χ0) is 12.5. The minimum atomic E-state index is -0.708. The van der Waals surface area contributed by atoms with Gasteiger partial charge in [0.05, 0.1) is 12.7 Å². The molecule has 1 aromatic carbocycles. The molecular formula is C13H17FO3. The number of ether oxygens (including phenoxy) is 2. The van der Waals surface area contributed by atoms with E-state index in [4.69, 9.17) is 9.47 Å². The second-order valence-electron chi connectivity index (χ2n) is 4.59. The van der Waals surface area contributed by atoms with Crippen molar-refractivity contribution in [2.24, 2.45) is 0 Å². The molecule has 0 amide bonds. The van der Waals surface area contributed by atoms with E-state index in [1.807, 2.05) is 13.8 Å². The van der Waals surface area contributed by atoms with Crippen molar-refractivity contribution in [3.8, 4) is 5.75 Å². The van der Waals surface area contributed by atoms with Gasteiger partial charge in [-0.25, -0.2) is 4.39 Å². The molecule has 0 aliphatic carbocycles. The van der Waals surface area contributed by atoms with Gasteiger partial charge in [0.25, 0.3) is 0 Å². The van der Waals surface area contributed by atoms with Crippen molar-refractivity contribution in [2.45, 2.75) is 32.0 Å². The molecule has 4 heteroatoms. The molecule has 0 saturated carbocycles. The number of aliphatic hydroxyl groups is 1. The molecule has 1 heterocycles. The van der Waals surface area contributed by atoms with E-state index in [2.05, 4.69) is 0 Å². The lowest BCUT2D eigenvalue weighted by Gasteiger charge is -2.37. The first kappa shape index (κ1) is 12.3. The van der Waals surface area contributed by atoms with Crippen LogP contribution in [0.1, 0.15) is 31.9 Å². The first-order chi connectivity index (χ1) is 8.04. The second kappa shape index (κ2) is 4.63. The molecule has 3 nitrogen and oxygen atoms in total. The summed E-state index contributed by atoms with van der Waals surface area (Å²) in [5, 5.41) is 10.0. The van der Waals surface area contributed by atoms with Gasteiger partial charge in [0, 0.05) is 18.6 Å². The van der Waals surface area contributed by atoms with Crippen molar-refractivity contribution in [2.75, 3.05) is 13.2 Å². The Kier molecular flexibility index (Phi) is 3.35. The van der Waals surface area contributed by atoms with Crippen LogP contribution in [0.25, 0.3) is 0 Å². The lowest BCUT2D eigenvalue weighted by Crippen LogP contribution is -2.42. The van der Waals surface area contributed by atoms with E-state index < -0.39 is 11.7 Å². The van der Waals surface area contributed by atoms with Crippen LogP contribution in [-0.4, -0.2) is 23.9 Å². The largest absolute Gasteiger partial charge is 0.485 e. The Hall–Kier alpha value is -1.13. The maximum atomic E-state index is 13.1. The molecule has 0 fully saturated rings. The molecular weight excluding hydrogens is 223 g/mol. The van der Waals surface area contributed by atoms with Crippen LogP contribution in [0.3, 0.4) is 0 Å². The molecule has 2 atom stereocenters. The molecule has 0 aromatic heterocycles. The van der Waals surface area contributed by atoms with E-state index in [-0.39, 0.29) is 5.82 Å². The molecule has 1 N–H and O–H groups in total. The zero-order valence-corrected chi connectivity index (χ0v) is 10.1. The number of hydrogen-bond acceptors (Lipinski definition) is 3. The second-order valence-corrected chi connectivity index (χ2v) is 4.59. The molecule has 0 saturated heterocycles. The highest BCUT2D eigenvalue weighted by Gasteiger charge is 2.37. The van der Waals surface area contributed by atoms with Crippen LogP contribution in [0, 0.1) is 5.82 Å². The summed E-state index contributed by atoms with van der Waals surface area (Å²) in [7, 11) is 0. The van der Waals surface area contributed by atoms with Crippen LogP contribution in [0.4, 0.5) is 4.39 Å². The van der Waals surface area contributed by atoms with Gasteiger partial charge in [0.2, 0.25) is 0 Å². The fourth-order valence-corrected chi connectivity index (χ4v) is 2.11. The summed E-state index contributed by atoms with van der Waals surface area (Å²) in [6.45, 7) is 4.81. The molecule has 17 heavy (non-hydrogen) atoms. The summed E-state index contributed by atoms with van der Waals surface area (Å²) in [6.07, 6.45) is -0.302. The van der Waals surface area contributed by atoms with Gasteiger partial charge in [0.15, 0.2) is 0 Å². The summed E-state index contributed by atoms with van der Waals surface area (Å²) in [5.41, 5.74) is -0.0424. The standard InChI is InChI=1S/C13H17FO3/c1-3-16-8-13(2)7-11(15)10-6-9(14)4-5-12(10)17-13/h4-6,11,15H,3,7-8H2,1-2H3/t11-,13?/m0/s1. The summed E-state index contributed by atoms with van der Waals surface area (Å²) < 4.78 is 24.2. The SMILES string of the molecule is CCOCC1(C)C[C@H](O)c2cc(F)ccc2O1. The Morgan fingerprint density at radius 3 is 3.06 bits per heavy atom. The van der Waals surface area contributed by atoms with E-state index in [0.717, 1.165) is 0 Å². The summed E-state index contributed by atoms with van der Waals surface area (Å²) >= 11 is 0. The number of benzene rings is 1. The van der Waals surface area contributed by atoms with E-state index in [1.165, 1.54) is 12.1 Å². The normalized spacial score (nSPS) is 27.4. The topological polar surface area (TPSA) is 38.7 Å². The molecule has 0 bridgehead atoms. The Balaban J connectivity index is 2.23. The highest BCUT2D eigenvalue weighted by molar-refractivity contribution is 5.38. The molecule has 1 aliphatic rings. The number of halogens is 1. The van der Waals surface area contributed by atoms with E-state index in [0.29, 0.717) is 30.9 Å². The van der Waals surface area contributed by atoms with E-state index >= 15 is 0 Å². The maximum absolute atomic E-state index is 13.1. The quantitative estimate of drug-likeness (QED) is 0.882.